The van der Waals surface area contributed by atoms with Crippen LogP contribution in [0.15, 0.2) is 53.3 Å². The average molecular weight is 350 g/mol. The predicted molar refractivity (Wildman–Crippen MR) is 103 cm³/mol. The van der Waals surface area contributed by atoms with E-state index in [1.54, 1.807) is 6.26 Å². The lowest BCUT2D eigenvalue weighted by atomic mass is 9.75. The lowest BCUT2D eigenvalue weighted by Gasteiger charge is -2.30. The molecular weight excluding hydrogens is 324 g/mol. The summed E-state index contributed by atoms with van der Waals surface area (Å²) in [7, 11) is 0. The molecule has 0 saturated heterocycles. The van der Waals surface area contributed by atoms with Crippen LogP contribution in [0.1, 0.15) is 55.8 Å². The van der Waals surface area contributed by atoms with Crippen molar-refractivity contribution in [3.8, 4) is 0 Å². The topological polar surface area (TPSA) is 58.0 Å². The molecule has 1 fully saturated rings. The zero-order valence-electron chi connectivity index (χ0n) is 15.0. The lowest BCUT2D eigenvalue weighted by Crippen LogP contribution is -2.27. The molecule has 1 aliphatic carbocycles. The highest BCUT2D eigenvalue weighted by molar-refractivity contribution is 5.85. The largest absolute Gasteiger partial charge is 0.467 e. The fraction of sp³-hybridized carbons (Fsp3) is 0.409. The van der Waals surface area contributed by atoms with Gasteiger partial charge in [-0.3, -0.25) is 4.79 Å². The Bertz CT molecular complexity index is 844. The molecule has 26 heavy (non-hydrogen) atoms. The van der Waals surface area contributed by atoms with E-state index in [-0.39, 0.29) is 11.8 Å². The van der Waals surface area contributed by atoms with Crippen LogP contribution in [0.5, 0.6) is 0 Å². The molecule has 0 bridgehead atoms. The van der Waals surface area contributed by atoms with Crippen LogP contribution < -0.4 is 5.32 Å². The third-order valence-corrected chi connectivity index (χ3v) is 5.68. The van der Waals surface area contributed by atoms with E-state index in [4.69, 9.17) is 4.42 Å². The molecular formula is C22H26N2O2. The molecule has 4 heteroatoms. The number of nitrogens with one attached hydrogen (secondary N) is 2. The van der Waals surface area contributed by atoms with Crippen molar-refractivity contribution in [2.24, 2.45) is 5.92 Å². The van der Waals surface area contributed by atoms with E-state index < -0.39 is 0 Å². The minimum absolute atomic E-state index is 0.0993. The molecule has 4 rings (SSSR count). The van der Waals surface area contributed by atoms with Crippen molar-refractivity contribution in [1.29, 1.82) is 0 Å². The molecule has 1 aromatic carbocycles. The maximum Gasteiger partial charge on any atom is 0.220 e. The van der Waals surface area contributed by atoms with Crippen molar-refractivity contribution in [1.82, 2.24) is 10.3 Å². The molecule has 2 aromatic heterocycles. The summed E-state index contributed by atoms with van der Waals surface area (Å²) in [6.45, 7) is 0.455. The summed E-state index contributed by atoms with van der Waals surface area (Å²) in [5, 5.41) is 4.27. The Labute approximate surface area is 154 Å². The normalized spacial score (nSPS) is 16.6. The molecule has 2 heterocycles. The Hall–Kier alpha value is -2.49. The second-order valence-corrected chi connectivity index (χ2v) is 7.35. The van der Waals surface area contributed by atoms with Crippen molar-refractivity contribution in [3.63, 3.8) is 0 Å². The van der Waals surface area contributed by atoms with E-state index in [0.717, 1.165) is 11.3 Å². The smallest absolute Gasteiger partial charge is 0.220 e. The standard InChI is InChI=1S/C22H26N2O2/c25-22(24-14-17-9-6-12-26-17)13-19(16-7-2-1-3-8-16)20-15-23-21-11-5-4-10-18(20)21/h4-6,9-12,15-16,19,23H,1-3,7-8,13-14H2,(H,24,25)/t19-/m0/s1. The van der Waals surface area contributed by atoms with Gasteiger partial charge in [-0.15, -0.1) is 0 Å². The van der Waals surface area contributed by atoms with Crippen LogP contribution in [0.2, 0.25) is 0 Å². The van der Waals surface area contributed by atoms with Crippen LogP contribution in [-0.4, -0.2) is 10.9 Å². The van der Waals surface area contributed by atoms with Crippen molar-refractivity contribution in [2.75, 3.05) is 0 Å². The Kier molecular flexibility index (Phi) is 5.09. The molecule has 4 nitrogen and oxygen atoms in total. The summed E-state index contributed by atoms with van der Waals surface area (Å²) in [4.78, 5) is 16.0. The maximum atomic E-state index is 12.7. The van der Waals surface area contributed by atoms with Crippen LogP contribution in [0, 0.1) is 5.92 Å². The fourth-order valence-electron chi connectivity index (χ4n) is 4.34. The molecule has 3 aromatic rings. The summed E-state index contributed by atoms with van der Waals surface area (Å²) in [5.74, 6) is 1.74. The zero-order valence-corrected chi connectivity index (χ0v) is 15.0. The molecule has 1 aliphatic rings. The number of hydrogen-bond acceptors (Lipinski definition) is 2. The second kappa shape index (κ2) is 7.81. The van der Waals surface area contributed by atoms with Crippen molar-refractivity contribution < 1.29 is 9.21 Å². The highest BCUT2D eigenvalue weighted by Gasteiger charge is 2.29. The van der Waals surface area contributed by atoms with E-state index in [1.165, 1.54) is 43.1 Å². The van der Waals surface area contributed by atoms with Crippen LogP contribution in [0.4, 0.5) is 0 Å². The Morgan fingerprint density at radius 3 is 2.81 bits per heavy atom. The molecule has 0 spiro atoms. The van der Waals surface area contributed by atoms with Crippen molar-refractivity contribution in [3.05, 3.63) is 60.2 Å². The van der Waals surface area contributed by atoms with Crippen molar-refractivity contribution in [2.45, 2.75) is 51.0 Å². The van der Waals surface area contributed by atoms with E-state index in [0.29, 0.717) is 18.9 Å². The number of rotatable bonds is 6. The van der Waals surface area contributed by atoms with Gasteiger partial charge < -0.3 is 14.7 Å². The van der Waals surface area contributed by atoms with Gasteiger partial charge in [0.25, 0.3) is 0 Å². The van der Waals surface area contributed by atoms with E-state index in [9.17, 15) is 4.79 Å². The second-order valence-electron chi connectivity index (χ2n) is 7.35. The number of aromatic nitrogens is 1. The summed E-state index contributed by atoms with van der Waals surface area (Å²) in [5.41, 5.74) is 2.44. The lowest BCUT2D eigenvalue weighted by molar-refractivity contribution is -0.122. The average Bonchev–Trinajstić information content (AvgIpc) is 3.35. The predicted octanol–water partition coefficient (Wildman–Crippen LogP) is 5.13. The highest BCUT2D eigenvalue weighted by Crippen LogP contribution is 2.40. The van der Waals surface area contributed by atoms with Gasteiger partial charge in [0, 0.05) is 23.5 Å². The molecule has 1 saturated carbocycles. The number of para-hydroxylation sites is 1. The van der Waals surface area contributed by atoms with Gasteiger partial charge in [-0.2, -0.15) is 0 Å². The third-order valence-electron chi connectivity index (χ3n) is 5.68. The maximum absolute atomic E-state index is 12.7. The number of carbonyl (C=O) groups is 1. The number of H-pyrrole nitrogens is 1. The van der Waals surface area contributed by atoms with Gasteiger partial charge >= 0.3 is 0 Å². The number of hydrogen-bond donors (Lipinski definition) is 2. The Balaban J connectivity index is 1.53. The first-order chi connectivity index (χ1) is 12.8. The molecule has 136 valence electrons. The zero-order chi connectivity index (χ0) is 17.8. The van der Waals surface area contributed by atoms with Gasteiger partial charge in [0.15, 0.2) is 0 Å². The summed E-state index contributed by atoms with van der Waals surface area (Å²) < 4.78 is 5.32. The first kappa shape index (κ1) is 17.0. The number of benzene rings is 1. The van der Waals surface area contributed by atoms with Crippen LogP contribution in [-0.2, 0) is 11.3 Å². The highest BCUT2D eigenvalue weighted by atomic mass is 16.3. The van der Waals surface area contributed by atoms with Crippen molar-refractivity contribution >= 4 is 16.8 Å². The third kappa shape index (κ3) is 3.69. The minimum Gasteiger partial charge on any atom is -0.467 e. The monoisotopic (exact) mass is 350 g/mol. The Morgan fingerprint density at radius 1 is 1.15 bits per heavy atom. The first-order valence-electron chi connectivity index (χ1n) is 9.66. The number of aromatic amines is 1. The van der Waals surface area contributed by atoms with Crippen LogP contribution in [0.3, 0.4) is 0 Å². The molecule has 0 unspecified atom stereocenters. The summed E-state index contributed by atoms with van der Waals surface area (Å²) in [6.07, 6.45) is 10.6. The SMILES string of the molecule is O=C(C[C@H](c1c[nH]c2ccccc12)C1CCCCC1)NCc1ccco1. The Morgan fingerprint density at radius 2 is 2.00 bits per heavy atom. The van der Waals surface area contributed by atoms with E-state index in [1.807, 2.05) is 18.2 Å². The summed E-state index contributed by atoms with van der Waals surface area (Å²) >= 11 is 0. The van der Waals surface area contributed by atoms with Gasteiger partial charge in [0.2, 0.25) is 5.91 Å². The van der Waals surface area contributed by atoms with Gasteiger partial charge in [-0.25, -0.2) is 0 Å². The van der Waals surface area contributed by atoms with Crippen LogP contribution in [0.25, 0.3) is 10.9 Å². The number of fused-ring (bicyclic) bond motifs is 1. The molecule has 0 radical (unpaired) electrons. The number of furan rings is 1. The van der Waals surface area contributed by atoms with Gasteiger partial charge in [0.1, 0.15) is 5.76 Å². The number of carbonyl (C=O) groups excluding carboxylic acids is 1. The molecule has 0 aliphatic heterocycles. The van der Waals surface area contributed by atoms with Gasteiger partial charge in [-0.05, 0) is 48.4 Å². The van der Waals surface area contributed by atoms with Gasteiger partial charge in [0.05, 0.1) is 12.8 Å². The first-order valence-corrected chi connectivity index (χ1v) is 9.66. The van der Waals surface area contributed by atoms with Crippen LogP contribution >= 0.6 is 0 Å². The summed E-state index contributed by atoms with van der Waals surface area (Å²) in [6, 6.07) is 12.1. The molecule has 2 N–H and O–H groups in total. The van der Waals surface area contributed by atoms with E-state index >= 15 is 0 Å². The van der Waals surface area contributed by atoms with Gasteiger partial charge in [-0.1, -0.05) is 37.5 Å². The molecule has 1 atom stereocenters. The quantitative estimate of drug-likeness (QED) is 0.647. The minimum atomic E-state index is 0.0993. The fourth-order valence-corrected chi connectivity index (χ4v) is 4.34. The number of amides is 1. The van der Waals surface area contributed by atoms with E-state index in [2.05, 4.69) is 34.7 Å². The molecule has 1 amide bonds.